The summed E-state index contributed by atoms with van der Waals surface area (Å²) in [6, 6.07) is 38.7. The summed E-state index contributed by atoms with van der Waals surface area (Å²) in [7, 11) is 1.61. The van der Waals surface area contributed by atoms with Crippen molar-refractivity contribution in [3.8, 4) is 22.8 Å². The van der Waals surface area contributed by atoms with Crippen LogP contribution in [0.25, 0.3) is 11.1 Å². The summed E-state index contributed by atoms with van der Waals surface area (Å²) in [5.74, 6) is 0.310. The van der Waals surface area contributed by atoms with E-state index in [2.05, 4.69) is 47.4 Å². The highest BCUT2D eigenvalue weighted by Gasteiger charge is 2.52. The number of pyridine rings is 1. The van der Waals surface area contributed by atoms with E-state index in [1.54, 1.807) is 13.3 Å². The fourth-order valence-corrected chi connectivity index (χ4v) is 5.78. The maximum Gasteiger partial charge on any atom is 0.320 e. The molecule has 0 radical (unpaired) electrons. The van der Waals surface area contributed by atoms with E-state index in [9.17, 15) is 4.79 Å². The van der Waals surface area contributed by atoms with Crippen LogP contribution in [0.4, 0.5) is 0 Å². The molecule has 4 aromatic carbocycles. The SMILES string of the molecule is COc1cc(C)c(-c2ccc3c(c2)OC(=O)C3C(c2ccccc2)(c2ccccc2)c2ccccc2)cn1. The molecule has 1 aliphatic rings. The van der Waals surface area contributed by atoms with Gasteiger partial charge in [-0.05, 0) is 40.8 Å². The predicted molar refractivity (Wildman–Crippen MR) is 149 cm³/mol. The minimum absolute atomic E-state index is 0.265. The predicted octanol–water partition coefficient (Wildman–Crippen LogP) is 7.10. The summed E-state index contributed by atoms with van der Waals surface area (Å²) in [5, 5.41) is 0. The van der Waals surface area contributed by atoms with Gasteiger partial charge < -0.3 is 9.47 Å². The van der Waals surface area contributed by atoms with Crippen molar-refractivity contribution in [2.75, 3.05) is 7.11 Å². The first-order valence-corrected chi connectivity index (χ1v) is 12.7. The van der Waals surface area contributed by atoms with Gasteiger partial charge in [-0.2, -0.15) is 0 Å². The maximum absolute atomic E-state index is 13.9. The van der Waals surface area contributed by atoms with Gasteiger partial charge in [-0.25, -0.2) is 4.98 Å². The van der Waals surface area contributed by atoms with E-state index in [0.717, 1.165) is 38.9 Å². The summed E-state index contributed by atoms with van der Waals surface area (Å²) in [6.45, 7) is 2.02. The smallest absolute Gasteiger partial charge is 0.320 e. The van der Waals surface area contributed by atoms with E-state index in [4.69, 9.17) is 9.47 Å². The number of nitrogens with zero attached hydrogens (tertiary/aromatic N) is 1. The molecule has 1 unspecified atom stereocenters. The zero-order valence-electron chi connectivity index (χ0n) is 21.3. The van der Waals surface area contributed by atoms with Crippen LogP contribution in [0.5, 0.6) is 11.6 Å². The quantitative estimate of drug-likeness (QED) is 0.143. The number of carbonyl (C=O) groups excluding carboxylic acids is 1. The summed E-state index contributed by atoms with van der Waals surface area (Å²) in [5.41, 5.74) is 6.12. The number of benzene rings is 4. The van der Waals surface area contributed by atoms with Crippen LogP contribution in [0.15, 0.2) is 121 Å². The van der Waals surface area contributed by atoms with E-state index in [1.807, 2.05) is 79.7 Å². The minimum Gasteiger partial charge on any atom is -0.481 e. The second-order valence-corrected chi connectivity index (χ2v) is 9.55. The first kappa shape index (κ1) is 23.7. The fourth-order valence-electron chi connectivity index (χ4n) is 5.78. The summed E-state index contributed by atoms with van der Waals surface area (Å²) >= 11 is 0. The van der Waals surface area contributed by atoms with E-state index < -0.39 is 11.3 Å². The molecule has 2 heterocycles. The summed E-state index contributed by atoms with van der Waals surface area (Å²) < 4.78 is 11.3. The molecular formula is C34H27NO3. The average molecular weight is 498 g/mol. The molecule has 0 N–H and O–H groups in total. The highest BCUT2D eigenvalue weighted by molar-refractivity contribution is 5.91. The number of esters is 1. The van der Waals surface area contributed by atoms with Crippen LogP contribution < -0.4 is 9.47 Å². The maximum atomic E-state index is 13.9. The lowest BCUT2D eigenvalue weighted by molar-refractivity contribution is -0.135. The number of fused-ring (bicyclic) bond motifs is 1. The lowest BCUT2D eigenvalue weighted by Gasteiger charge is -2.39. The van der Waals surface area contributed by atoms with Gasteiger partial charge in [-0.1, -0.05) is 103 Å². The Labute approximate surface area is 222 Å². The number of methoxy groups -OCH3 is 1. The molecule has 6 rings (SSSR count). The van der Waals surface area contributed by atoms with Crippen LogP contribution in [0.2, 0.25) is 0 Å². The average Bonchev–Trinajstić information content (AvgIpc) is 3.30. The Hall–Kier alpha value is -4.70. The molecule has 0 saturated heterocycles. The van der Waals surface area contributed by atoms with E-state index in [0.29, 0.717) is 11.6 Å². The molecule has 0 amide bonds. The van der Waals surface area contributed by atoms with Crippen molar-refractivity contribution in [2.24, 2.45) is 0 Å². The Morgan fingerprint density at radius 3 is 1.82 bits per heavy atom. The second kappa shape index (κ2) is 9.64. The van der Waals surface area contributed by atoms with Gasteiger partial charge in [0, 0.05) is 23.4 Å². The van der Waals surface area contributed by atoms with Crippen molar-refractivity contribution in [1.29, 1.82) is 0 Å². The lowest BCUT2D eigenvalue weighted by atomic mass is 9.60. The molecule has 0 bridgehead atoms. The fraction of sp³-hybridized carbons (Fsp3) is 0.118. The van der Waals surface area contributed by atoms with Crippen molar-refractivity contribution in [3.63, 3.8) is 0 Å². The summed E-state index contributed by atoms with van der Waals surface area (Å²) in [4.78, 5) is 18.3. The standard InChI is InChI=1S/C34H27NO3/c1-23-20-31(37-2)35-22-29(23)24-18-19-28-30(21-24)38-33(36)32(28)34(25-12-6-3-7-13-25,26-14-8-4-9-15-26)27-16-10-5-11-17-27/h3-22,32H,1-2H3. The summed E-state index contributed by atoms with van der Waals surface area (Å²) in [6.07, 6.45) is 1.80. The van der Waals surface area contributed by atoms with E-state index in [-0.39, 0.29) is 5.97 Å². The van der Waals surface area contributed by atoms with Gasteiger partial charge in [0.2, 0.25) is 5.88 Å². The van der Waals surface area contributed by atoms with E-state index in [1.165, 1.54) is 0 Å². The molecular weight excluding hydrogens is 470 g/mol. The molecule has 4 nitrogen and oxygen atoms in total. The van der Waals surface area contributed by atoms with Crippen molar-refractivity contribution in [1.82, 2.24) is 4.98 Å². The second-order valence-electron chi connectivity index (χ2n) is 9.55. The molecule has 5 aromatic rings. The molecule has 1 aliphatic heterocycles. The van der Waals surface area contributed by atoms with Gasteiger partial charge in [-0.3, -0.25) is 4.79 Å². The first-order valence-electron chi connectivity index (χ1n) is 12.7. The number of rotatable bonds is 6. The number of hydrogen-bond acceptors (Lipinski definition) is 4. The van der Waals surface area contributed by atoms with Crippen LogP contribution in [0, 0.1) is 6.92 Å². The number of hydrogen-bond donors (Lipinski definition) is 0. The Balaban J connectivity index is 1.59. The van der Waals surface area contributed by atoms with Crippen LogP contribution in [0.1, 0.15) is 33.7 Å². The molecule has 186 valence electrons. The Morgan fingerprint density at radius 2 is 1.32 bits per heavy atom. The number of aryl methyl sites for hydroxylation is 1. The first-order chi connectivity index (χ1) is 18.6. The van der Waals surface area contributed by atoms with Crippen molar-refractivity contribution in [3.05, 3.63) is 149 Å². The van der Waals surface area contributed by atoms with Crippen molar-refractivity contribution < 1.29 is 14.3 Å². The van der Waals surface area contributed by atoms with E-state index >= 15 is 0 Å². The zero-order chi connectivity index (χ0) is 26.1. The minimum atomic E-state index is -0.786. The van der Waals surface area contributed by atoms with Crippen LogP contribution >= 0.6 is 0 Å². The molecule has 1 aromatic heterocycles. The topological polar surface area (TPSA) is 48.4 Å². The highest BCUT2D eigenvalue weighted by atomic mass is 16.5. The molecule has 0 saturated carbocycles. The monoisotopic (exact) mass is 497 g/mol. The molecule has 0 fully saturated rings. The normalized spacial score (nSPS) is 14.6. The van der Waals surface area contributed by atoms with Crippen LogP contribution in [0.3, 0.4) is 0 Å². The zero-order valence-corrected chi connectivity index (χ0v) is 21.3. The lowest BCUT2D eigenvalue weighted by Crippen LogP contribution is -2.39. The molecule has 0 spiro atoms. The Bertz CT molecular complexity index is 1500. The van der Waals surface area contributed by atoms with Gasteiger partial charge in [0.25, 0.3) is 0 Å². The Kier molecular flexibility index (Phi) is 6.01. The van der Waals surface area contributed by atoms with Gasteiger partial charge in [0.15, 0.2) is 0 Å². The number of carbonyl (C=O) groups is 1. The van der Waals surface area contributed by atoms with Gasteiger partial charge >= 0.3 is 5.97 Å². The van der Waals surface area contributed by atoms with Crippen LogP contribution in [-0.2, 0) is 10.2 Å². The van der Waals surface area contributed by atoms with Gasteiger partial charge in [0.05, 0.1) is 12.5 Å². The van der Waals surface area contributed by atoms with Gasteiger partial charge in [-0.15, -0.1) is 0 Å². The molecule has 1 atom stereocenters. The molecule has 0 aliphatic carbocycles. The number of aromatic nitrogens is 1. The molecule has 4 heteroatoms. The van der Waals surface area contributed by atoms with Crippen molar-refractivity contribution in [2.45, 2.75) is 18.3 Å². The third-order valence-corrected chi connectivity index (χ3v) is 7.50. The van der Waals surface area contributed by atoms with Crippen LogP contribution in [-0.4, -0.2) is 18.1 Å². The third kappa shape index (κ3) is 3.77. The largest absolute Gasteiger partial charge is 0.481 e. The number of ether oxygens (including phenoxy) is 2. The van der Waals surface area contributed by atoms with Gasteiger partial charge in [0.1, 0.15) is 11.7 Å². The molecule has 38 heavy (non-hydrogen) atoms. The third-order valence-electron chi connectivity index (χ3n) is 7.50. The Morgan fingerprint density at radius 1 is 0.763 bits per heavy atom. The van der Waals surface area contributed by atoms with Crippen molar-refractivity contribution >= 4 is 5.97 Å². The highest BCUT2D eigenvalue weighted by Crippen LogP contribution is 2.54.